The number of ether oxygens (including phenoxy) is 1. The van der Waals surface area contributed by atoms with Crippen molar-refractivity contribution in [2.24, 2.45) is 17.8 Å². The molecule has 52 heavy (non-hydrogen) atoms. The van der Waals surface area contributed by atoms with Crippen LogP contribution in [-0.4, -0.2) is 90.8 Å². The van der Waals surface area contributed by atoms with Crippen LogP contribution in [0, 0.1) is 23.6 Å². The van der Waals surface area contributed by atoms with Crippen LogP contribution in [0.2, 0.25) is 0 Å². The van der Waals surface area contributed by atoms with Crippen molar-refractivity contribution < 1.29 is 50.3 Å². The summed E-state index contributed by atoms with van der Waals surface area (Å²) in [6.45, 7) is 5.47. The fraction of sp³-hybridized carbons (Fsp3) is 0.583. The van der Waals surface area contributed by atoms with Crippen LogP contribution in [0.1, 0.15) is 69.4 Å². The number of pyridine rings is 1. The Balaban J connectivity index is 1.55. The molecule has 1 aliphatic heterocycles. The zero-order chi connectivity index (χ0) is 38.4. The van der Waals surface area contributed by atoms with E-state index in [0.29, 0.717) is 31.7 Å². The maximum Gasteiger partial charge on any atom is 0.391 e. The van der Waals surface area contributed by atoms with Gasteiger partial charge in [0, 0.05) is 68.7 Å². The van der Waals surface area contributed by atoms with E-state index in [4.69, 9.17) is 4.74 Å². The predicted octanol–water partition coefficient (Wildman–Crippen LogP) is 5.68. The SMILES string of the molecule is CCC(=O)N[C@@H](C(=O)N1CCN(C)CC1)[C@@H](C)c1ccc(NC(=O)[C@@H](CC(=O)C(F)(F)c2ccc(OC)nc2)C2CCC(C(F)(F)F)CC2)c(F)c1. The lowest BCUT2D eigenvalue weighted by molar-refractivity contribution is -0.185. The van der Waals surface area contributed by atoms with E-state index < -0.39 is 71.3 Å². The number of hydrogen-bond donors (Lipinski definition) is 2. The van der Waals surface area contributed by atoms with Gasteiger partial charge in [0.05, 0.1) is 18.7 Å². The fourth-order valence-corrected chi connectivity index (χ4v) is 6.73. The number of alkyl halides is 5. The minimum atomic E-state index is -4.47. The zero-order valence-electron chi connectivity index (χ0n) is 29.6. The van der Waals surface area contributed by atoms with Gasteiger partial charge in [0.25, 0.3) is 0 Å². The topological polar surface area (TPSA) is 121 Å². The van der Waals surface area contributed by atoms with Crippen LogP contribution in [0.15, 0.2) is 36.5 Å². The Morgan fingerprint density at radius 3 is 2.17 bits per heavy atom. The molecule has 10 nitrogen and oxygen atoms in total. The Hall–Kier alpha value is -4.21. The second-order valence-corrected chi connectivity index (χ2v) is 13.6. The highest BCUT2D eigenvalue weighted by molar-refractivity contribution is 5.97. The molecule has 1 aromatic heterocycles. The van der Waals surface area contributed by atoms with Crippen molar-refractivity contribution in [1.29, 1.82) is 0 Å². The smallest absolute Gasteiger partial charge is 0.391 e. The molecule has 0 bridgehead atoms. The Labute approximate surface area is 298 Å². The Kier molecular flexibility index (Phi) is 13.3. The first-order valence-corrected chi connectivity index (χ1v) is 17.3. The van der Waals surface area contributed by atoms with E-state index in [1.807, 2.05) is 7.05 Å². The molecule has 1 aromatic carbocycles. The number of ketones is 1. The molecule has 2 aliphatic rings. The third kappa shape index (κ3) is 9.81. The first kappa shape index (κ1) is 40.6. The summed E-state index contributed by atoms with van der Waals surface area (Å²) in [5.41, 5.74) is -0.786. The molecule has 2 aromatic rings. The maximum atomic E-state index is 15.7. The number of methoxy groups -OCH3 is 1. The summed E-state index contributed by atoms with van der Waals surface area (Å²) >= 11 is 0. The number of carbonyl (C=O) groups excluding carboxylic acids is 4. The van der Waals surface area contributed by atoms with Gasteiger partial charge in [-0.25, -0.2) is 9.37 Å². The Morgan fingerprint density at radius 2 is 1.63 bits per heavy atom. The number of likely N-dealkylation sites (N-methyl/N-ethyl adjacent to an activating group) is 1. The van der Waals surface area contributed by atoms with E-state index in [0.717, 1.165) is 24.4 Å². The van der Waals surface area contributed by atoms with Crippen molar-refractivity contribution in [1.82, 2.24) is 20.1 Å². The normalized spacial score (nSPS) is 20.4. The molecular formula is C36H45F6N5O5. The Bertz CT molecular complexity index is 1570. The number of carbonyl (C=O) groups is 4. The van der Waals surface area contributed by atoms with Gasteiger partial charge in [-0.05, 0) is 62.4 Å². The number of piperazine rings is 1. The molecule has 16 heteroatoms. The van der Waals surface area contributed by atoms with Gasteiger partial charge in [-0.3, -0.25) is 19.2 Å². The minimum absolute atomic E-state index is 0.0241. The van der Waals surface area contributed by atoms with E-state index in [1.165, 1.54) is 19.2 Å². The molecule has 0 spiro atoms. The van der Waals surface area contributed by atoms with Gasteiger partial charge < -0.3 is 25.2 Å². The second kappa shape index (κ2) is 17.1. The molecule has 1 saturated carbocycles. The minimum Gasteiger partial charge on any atom is -0.481 e. The second-order valence-electron chi connectivity index (χ2n) is 13.6. The van der Waals surface area contributed by atoms with E-state index in [9.17, 15) is 32.3 Å². The van der Waals surface area contributed by atoms with Crippen molar-refractivity contribution in [3.63, 3.8) is 0 Å². The largest absolute Gasteiger partial charge is 0.481 e. The van der Waals surface area contributed by atoms with Gasteiger partial charge in [0.15, 0.2) is 0 Å². The highest BCUT2D eigenvalue weighted by atomic mass is 19.4. The Morgan fingerprint density at radius 1 is 0.981 bits per heavy atom. The molecule has 3 amide bonds. The number of rotatable bonds is 13. The zero-order valence-corrected chi connectivity index (χ0v) is 29.6. The number of nitrogens with zero attached hydrogens (tertiary/aromatic N) is 3. The number of amides is 3. The highest BCUT2D eigenvalue weighted by Crippen LogP contribution is 2.44. The molecule has 0 unspecified atom stereocenters. The van der Waals surface area contributed by atoms with Crippen LogP contribution in [0.5, 0.6) is 5.88 Å². The number of benzene rings is 1. The molecule has 2 heterocycles. The van der Waals surface area contributed by atoms with Crippen molar-refractivity contribution >= 4 is 29.2 Å². The van der Waals surface area contributed by atoms with E-state index in [-0.39, 0.29) is 55.5 Å². The summed E-state index contributed by atoms with van der Waals surface area (Å²) in [6.07, 6.45) is -5.63. The van der Waals surface area contributed by atoms with Crippen LogP contribution in [0.25, 0.3) is 0 Å². The number of hydrogen-bond acceptors (Lipinski definition) is 7. The van der Waals surface area contributed by atoms with Gasteiger partial charge in [-0.2, -0.15) is 22.0 Å². The number of halogens is 6. The van der Waals surface area contributed by atoms with Crippen LogP contribution in [0.4, 0.5) is 32.0 Å². The predicted molar refractivity (Wildman–Crippen MR) is 179 cm³/mol. The first-order chi connectivity index (χ1) is 24.5. The van der Waals surface area contributed by atoms with Crippen molar-refractivity contribution in [2.45, 2.75) is 76.4 Å². The average molecular weight is 742 g/mol. The summed E-state index contributed by atoms with van der Waals surface area (Å²) in [5.74, 6) is -13.0. The van der Waals surface area contributed by atoms with Gasteiger partial charge in [-0.1, -0.05) is 19.9 Å². The summed E-state index contributed by atoms with van der Waals surface area (Å²) in [5, 5.41) is 5.11. The van der Waals surface area contributed by atoms with Gasteiger partial charge >= 0.3 is 12.1 Å². The summed E-state index contributed by atoms with van der Waals surface area (Å²) in [7, 11) is 3.21. The summed E-state index contributed by atoms with van der Waals surface area (Å²) in [4.78, 5) is 60.1. The summed E-state index contributed by atoms with van der Waals surface area (Å²) < 4.78 is 91.4. The van der Waals surface area contributed by atoms with Crippen molar-refractivity contribution in [2.75, 3.05) is 45.7 Å². The third-order valence-electron chi connectivity index (χ3n) is 10.2. The van der Waals surface area contributed by atoms with E-state index in [1.54, 1.807) is 18.7 Å². The number of Topliss-reactive ketones (excluding diaryl/α,β-unsaturated/α-hetero) is 1. The highest BCUT2D eigenvalue weighted by Gasteiger charge is 2.47. The van der Waals surface area contributed by atoms with Crippen LogP contribution in [0.3, 0.4) is 0 Å². The molecule has 2 fully saturated rings. The van der Waals surface area contributed by atoms with Crippen molar-refractivity contribution in [3.05, 3.63) is 53.5 Å². The lowest BCUT2D eigenvalue weighted by Crippen LogP contribution is -2.55. The molecular weight excluding hydrogens is 696 g/mol. The quantitative estimate of drug-likeness (QED) is 0.254. The molecule has 0 radical (unpaired) electrons. The molecule has 286 valence electrons. The molecule has 4 rings (SSSR count). The van der Waals surface area contributed by atoms with E-state index >= 15 is 13.2 Å². The third-order valence-corrected chi connectivity index (χ3v) is 10.2. The van der Waals surface area contributed by atoms with Crippen LogP contribution < -0.4 is 15.4 Å². The lowest BCUT2D eigenvalue weighted by atomic mass is 9.73. The molecule has 1 saturated heterocycles. The standard InChI is InChI=1S/C36H45F6N5O5/c1-5-30(49)45-32(34(51)47-16-14-46(3)15-17-47)21(2)23-8-12-28(27(37)18-23)44-33(50)26(22-6-9-24(10-7-22)36(40,41)42)19-29(48)35(38,39)25-11-13-31(52-4)43-20-25/h8,11-13,18,20-22,24,26,32H,5-7,9-10,14-17,19H2,1-4H3,(H,44,50)(H,45,49)/t21-,22?,24?,26-,32+/m0/s1. The number of nitrogens with one attached hydrogen (secondary N) is 2. The fourth-order valence-electron chi connectivity index (χ4n) is 6.73. The first-order valence-electron chi connectivity index (χ1n) is 17.3. The maximum absolute atomic E-state index is 15.7. The molecule has 1 aliphatic carbocycles. The van der Waals surface area contributed by atoms with Gasteiger partial charge in [0.2, 0.25) is 29.4 Å². The van der Waals surface area contributed by atoms with Crippen LogP contribution >= 0.6 is 0 Å². The van der Waals surface area contributed by atoms with Crippen LogP contribution in [-0.2, 0) is 25.1 Å². The van der Waals surface area contributed by atoms with E-state index in [2.05, 4.69) is 20.5 Å². The van der Waals surface area contributed by atoms with Crippen molar-refractivity contribution in [3.8, 4) is 5.88 Å². The number of anilines is 1. The van der Waals surface area contributed by atoms with Gasteiger partial charge in [-0.15, -0.1) is 0 Å². The number of aromatic nitrogens is 1. The lowest BCUT2D eigenvalue weighted by Gasteiger charge is -2.36. The van der Waals surface area contributed by atoms with Gasteiger partial charge in [0.1, 0.15) is 11.9 Å². The average Bonchev–Trinajstić information content (AvgIpc) is 3.12. The molecule has 2 N–H and O–H groups in total. The monoisotopic (exact) mass is 741 g/mol. The molecule has 3 atom stereocenters. The summed E-state index contributed by atoms with van der Waals surface area (Å²) in [6, 6.07) is 4.82.